The topological polar surface area (TPSA) is 88.4 Å². The lowest BCUT2D eigenvalue weighted by atomic mass is 9.84. The number of nitrogens with one attached hydrogen (secondary N) is 1. The molecule has 1 aliphatic rings. The van der Waals surface area contributed by atoms with Gasteiger partial charge in [-0.05, 0) is 25.0 Å². The van der Waals surface area contributed by atoms with Gasteiger partial charge in [0.15, 0.2) is 0 Å². The number of carbonyl (C=O) groups excluding carboxylic acids is 2. The van der Waals surface area contributed by atoms with Gasteiger partial charge < -0.3 is 14.8 Å². The molecule has 1 fully saturated rings. The number of anilines is 1. The van der Waals surface area contributed by atoms with E-state index in [0.29, 0.717) is 18.5 Å². The first kappa shape index (κ1) is 17.0. The van der Waals surface area contributed by atoms with Gasteiger partial charge in [-0.1, -0.05) is 19.3 Å². The maximum absolute atomic E-state index is 12.6. The zero-order valence-electron chi connectivity index (χ0n) is 13.3. The molecule has 1 aliphatic carbocycles. The van der Waals surface area contributed by atoms with Crippen molar-refractivity contribution in [3.63, 3.8) is 0 Å². The molecule has 1 amide bonds. The van der Waals surface area contributed by atoms with Crippen molar-refractivity contribution in [2.24, 2.45) is 0 Å². The van der Waals surface area contributed by atoms with Gasteiger partial charge in [0.2, 0.25) is 0 Å². The van der Waals surface area contributed by atoms with Crippen LogP contribution in [0.15, 0.2) is 18.2 Å². The number of rotatable bonds is 4. The Bertz CT molecular complexity index is 642. The molecular formula is C17H20N2O4. The minimum absolute atomic E-state index is 0.235. The van der Waals surface area contributed by atoms with E-state index in [1.165, 1.54) is 19.1 Å². The van der Waals surface area contributed by atoms with Crippen LogP contribution in [0.1, 0.15) is 44.6 Å². The van der Waals surface area contributed by atoms with Crippen LogP contribution in [0.5, 0.6) is 5.75 Å². The van der Waals surface area contributed by atoms with Crippen LogP contribution >= 0.6 is 0 Å². The van der Waals surface area contributed by atoms with Gasteiger partial charge in [0, 0.05) is 20.1 Å². The fourth-order valence-electron chi connectivity index (χ4n) is 2.84. The molecular weight excluding hydrogens is 296 g/mol. The number of nitrogens with zero attached hydrogens (tertiary/aromatic N) is 1. The van der Waals surface area contributed by atoms with Crippen molar-refractivity contribution >= 4 is 17.6 Å². The minimum Gasteiger partial charge on any atom is -0.427 e. The summed E-state index contributed by atoms with van der Waals surface area (Å²) in [5.41, 5.74) is -0.214. The van der Waals surface area contributed by atoms with E-state index in [4.69, 9.17) is 9.47 Å². The Kier molecular flexibility index (Phi) is 5.35. The van der Waals surface area contributed by atoms with Crippen molar-refractivity contribution in [1.82, 2.24) is 0 Å². The third kappa shape index (κ3) is 3.88. The summed E-state index contributed by atoms with van der Waals surface area (Å²) in [6.45, 7) is 1.28. The highest BCUT2D eigenvalue weighted by atomic mass is 16.5. The van der Waals surface area contributed by atoms with Crippen LogP contribution in [0.3, 0.4) is 0 Å². The van der Waals surface area contributed by atoms with Crippen LogP contribution in [-0.4, -0.2) is 24.6 Å². The Morgan fingerprint density at radius 2 is 1.96 bits per heavy atom. The fraction of sp³-hybridized carbons (Fsp3) is 0.471. The molecule has 23 heavy (non-hydrogen) atoms. The highest BCUT2D eigenvalue weighted by Gasteiger charge is 2.39. The summed E-state index contributed by atoms with van der Waals surface area (Å²) in [6.07, 6.45) is 4.32. The number of benzene rings is 1. The SMILES string of the molecule is COC1(C(=O)Nc2ccc(OC(C)=O)cc2C#N)CCCCC1. The largest absolute Gasteiger partial charge is 0.427 e. The van der Waals surface area contributed by atoms with Gasteiger partial charge in [-0.3, -0.25) is 9.59 Å². The van der Waals surface area contributed by atoms with E-state index >= 15 is 0 Å². The monoisotopic (exact) mass is 316 g/mol. The fourth-order valence-corrected chi connectivity index (χ4v) is 2.84. The second kappa shape index (κ2) is 7.25. The summed E-state index contributed by atoms with van der Waals surface area (Å²) in [5.74, 6) is -0.436. The molecule has 0 unspecified atom stereocenters. The van der Waals surface area contributed by atoms with Crippen LogP contribution in [0.4, 0.5) is 5.69 Å². The molecule has 1 saturated carbocycles. The quantitative estimate of drug-likeness (QED) is 0.681. The van der Waals surface area contributed by atoms with Crippen molar-refractivity contribution in [3.8, 4) is 11.8 Å². The first-order chi connectivity index (χ1) is 11.0. The normalized spacial score (nSPS) is 16.2. The molecule has 6 heteroatoms. The van der Waals surface area contributed by atoms with E-state index in [2.05, 4.69) is 5.32 Å². The van der Waals surface area contributed by atoms with Gasteiger partial charge in [-0.25, -0.2) is 0 Å². The van der Waals surface area contributed by atoms with E-state index in [9.17, 15) is 14.9 Å². The minimum atomic E-state index is -0.834. The second-order valence-corrected chi connectivity index (χ2v) is 5.63. The summed E-state index contributed by atoms with van der Waals surface area (Å²) in [7, 11) is 1.54. The molecule has 0 spiro atoms. The summed E-state index contributed by atoms with van der Waals surface area (Å²) in [5, 5.41) is 12.0. The predicted molar refractivity (Wildman–Crippen MR) is 83.9 cm³/mol. The van der Waals surface area contributed by atoms with Crippen LogP contribution < -0.4 is 10.1 Å². The smallest absolute Gasteiger partial charge is 0.308 e. The molecule has 122 valence electrons. The van der Waals surface area contributed by atoms with Crippen molar-refractivity contribution in [2.75, 3.05) is 12.4 Å². The van der Waals surface area contributed by atoms with E-state index in [1.54, 1.807) is 13.2 Å². The first-order valence-corrected chi connectivity index (χ1v) is 7.60. The third-order valence-corrected chi connectivity index (χ3v) is 4.09. The zero-order chi connectivity index (χ0) is 16.9. The Hall–Kier alpha value is -2.39. The maximum atomic E-state index is 12.6. The van der Waals surface area contributed by atoms with Crippen molar-refractivity contribution in [2.45, 2.75) is 44.6 Å². The van der Waals surface area contributed by atoms with Crippen LogP contribution in [0.25, 0.3) is 0 Å². The first-order valence-electron chi connectivity index (χ1n) is 7.60. The molecule has 0 heterocycles. The average molecular weight is 316 g/mol. The van der Waals surface area contributed by atoms with Gasteiger partial charge in [-0.2, -0.15) is 5.26 Å². The number of nitriles is 1. The molecule has 1 aromatic carbocycles. The predicted octanol–water partition coefficient (Wildman–Crippen LogP) is 2.77. The molecule has 6 nitrogen and oxygen atoms in total. The van der Waals surface area contributed by atoms with Gasteiger partial charge in [-0.15, -0.1) is 0 Å². The Labute approximate surface area is 135 Å². The number of carbonyl (C=O) groups is 2. The molecule has 0 saturated heterocycles. The lowest BCUT2D eigenvalue weighted by Crippen LogP contribution is -2.46. The van der Waals surface area contributed by atoms with Crippen LogP contribution in [0, 0.1) is 11.3 Å². The molecule has 1 aromatic rings. The molecule has 0 aliphatic heterocycles. The maximum Gasteiger partial charge on any atom is 0.308 e. The Morgan fingerprint density at radius 3 is 2.52 bits per heavy atom. The summed E-state index contributed by atoms with van der Waals surface area (Å²) in [4.78, 5) is 23.6. The summed E-state index contributed by atoms with van der Waals surface area (Å²) < 4.78 is 10.4. The molecule has 1 N–H and O–H groups in total. The average Bonchev–Trinajstić information content (AvgIpc) is 2.56. The molecule has 2 rings (SSSR count). The van der Waals surface area contributed by atoms with E-state index < -0.39 is 11.6 Å². The number of esters is 1. The lowest BCUT2D eigenvalue weighted by Gasteiger charge is -2.34. The number of methoxy groups -OCH3 is 1. The molecule has 0 aromatic heterocycles. The van der Waals surface area contributed by atoms with Gasteiger partial charge in [0.05, 0.1) is 11.3 Å². The van der Waals surface area contributed by atoms with E-state index in [-0.39, 0.29) is 17.2 Å². The number of hydrogen-bond donors (Lipinski definition) is 1. The van der Waals surface area contributed by atoms with Crippen molar-refractivity contribution < 1.29 is 19.1 Å². The standard InChI is InChI=1S/C17H20N2O4/c1-12(20)23-14-6-7-15(13(10-14)11-18)19-16(21)17(22-2)8-4-3-5-9-17/h6-7,10H,3-5,8-9H2,1-2H3,(H,19,21). The molecule has 0 radical (unpaired) electrons. The summed E-state index contributed by atoms with van der Waals surface area (Å²) in [6, 6.07) is 6.53. The third-order valence-electron chi connectivity index (χ3n) is 4.09. The Morgan fingerprint density at radius 1 is 1.26 bits per heavy atom. The number of amides is 1. The number of hydrogen-bond acceptors (Lipinski definition) is 5. The van der Waals surface area contributed by atoms with Crippen LogP contribution in [0.2, 0.25) is 0 Å². The van der Waals surface area contributed by atoms with Gasteiger partial charge in [0.1, 0.15) is 17.4 Å². The van der Waals surface area contributed by atoms with Crippen LogP contribution in [-0.2, 0) is 14.3 Å². The van der Waals surface area contributed by atoms with Crippen molar-refractivity contribution in [1.29, 1.82) is 5.26 Å². The second-order valence-electron chi connectivity index (χ2n) is 5.63. The lowest BCUT2D eigenvalue weighted by molar-refractivity contribution is -0.141. The number of ether oxygens (including phenoxy) is 2. The highest BCUT2D eigenvalue weighted by Crippen LogP contribution is 2.33. The zero-order valence-corrected chi connectivity index (χ0v) is 13.3. The molecule has 0 atom stereocenters. The Balaban J connectivity index is 2.20. The van der Waals surface area contributed by atoms with Gasteiger partial charge in [0.25, 0.3) is 5.91 Å². The summed E-state index contributed by atoms with van der Waals surface area (Å²) >= 11 is 0. The van der Waals surface area contributed by atoms with E-state index in [0.717, 1.165) is 19.3 Å². The molecule has 0 bridgehead atoms. The van der Waals surface area contributed by atoms with Crippen molar-refractivity contribution in [3.05, 3.63) is 23.8 Å². The van der Waals surface area contributed by atoms with Gasteiger partial charge >= 0.3 is 5.97 Å². The highest BCUT2D eigenvalue weighted by molar-refractivity contribution is 5.98. The van der Waals surface area contributed by atoms with E-state index in [1.807, 2.05) is 6.07 Å².